The van der Waals surface area contributed by atoms with Crippen molar-refractivity contribution in [2.75, 3.05) is 20.3 Å². The number of benzene rings is 1. The molecule has 94 valence electrons. The number of carboxylic acids is 1. The molecule has 0 aliphatic carbocycles. The zero-order chi connectivity index (χ0) is 12.7. The highest BCUT2D eigenvalue weighted by Gasteiger charge is 2.07. The number of halogens is 1. The van der Waals surface area contributed by atoms with Crippen LogP contribution < -0.4 is 4.74 Å². The summed E-state index contributed by atoms with van der Waals surface area (Å²) in [7, 11) is 1.67. The van der Waals surface area contributed by atoms with E-state index in [2.05, 4.69) is 15.9 Å². The summed E-state index contributed by atoms with van der Waals surface area (Å²) in [6.45, 7) is 1.32. The van der Waals surface area contributed by atoms with E-state index in [1.165, 1.54) is 12.1 Å². The topological polar surface area (TPSA) is 55.8 Å². The van der Waals surface area contributed by atoms with Gasteiger partial charge in [-0.15, -0.1) is 0 Å². The van der Waals surface area contributed by atoms with E-state index in [1.54, 1.807) is 13.2 Å². The van der Waals surface area contributed by atoms with Crippen LogP contribution in [-0.4, -0.2) is 31.4 Å². The molecule has 5 heteroatoms. The van der Waals surface area contributed by atoms with Crippen LogP contribution in [0.2, 0.25) is 0 Å². The van der Waals surface area contributed by atoms with Crippen LogP contribution in [0.1, 0.15) is 23.2 Å². The van der Waals surface area contributed by atoms with Crippen molar-refractivity contribution in [2.24, 2.45) is 0 Å². The third-order valence-electron chi connectivity index (χ3n) is 2.18. The lowest BCUT2D eigenvalue weighted by molar-refractivity contribution is 0.0696. The summed E-state index contributed by atoms with van der Waals surface area (Å²) in [4.78, 5) is 10.7. The van der Waals surface area contributed by atoms with Crippen LogP contribution in [0.5, 0.6) is 5.75 Å². The van der Waals surface area contributed by atoms with E-state index in [0.717, 1.165) is 19.4 Å². The van der Waals surface area contributed by atoms with Gasteiger partial charge in [0.2, 0.25) is 0 Å². The monoisotopic (exact) mass is 302 g/mol. The molecular formula is C12H15BrO4. The van der Waals surface area contributed by atoms with Gasteiger partial charge >= 0.3 is 5.97 Å². The Labute approximate surface area is 109 Å². The van der Waals surface area contributed by atoms with E-state index in [0.29, 0.717) is 16.8 Å². The number of hydrogen-bond donors (Lipinski definition) is 1. The van der Waals surface area contributed by atoms with Gasteiger partial charge in [0.25, 0.3) is 0 Å². The number of methoxy groups -OCH3 is 1. The third-order valence-corrected chi connectivity index (χ3v) is 2.80. The molecule has 1 N–H and O–H groups in total. The van der Waals surface area contributed by atoms with Gasteiger partial charge in [0.15, 0.2) is 0 Å². The predicted molar refractivity (Wildman–Crippen MR) is 67.7 cm³/mol. The SMILES string of the molecule is COCCCCOc1ccc(C(=O)O)cc1Br. The van der Waals surface area contributed by atoms with Crippen molar-refractivity contribution in [2.45, 2.75) is 12.8 Å². The number of unbranched alkanes of at least 4 members (excludes halogenated alkanes) is 1. The van der Waals surface area contributed by atoms with E-state index < -0.39 is 5.97 Å². The standard InChI is InChI=1S/C12H15BrO4/c1-16-6-2-3-7-17-11-5-4-9(12(14)15)8-10(11)13/h4-5,8H,2-3,6-7H2,1H3,(H,14,15). The Balaban J connectivity index is 2.46. The zero-order valence-corrected chi connectivity index (χ0v) is 11.2. The van der Waals surface area contributed by atoms with Crippen molar-refractivity contribution >= 4 is 21.9 Å². The van der Waals surface area contributed by atoms with Gasteiger partial charge < -0.3 is 14.6 Å². The molecule has 0 aliphatic rings. The summed E-state index contributed by atoms with van der Waals surface area (Å²) in [6, 6.07) is 4.72. The van der Waals surface area contributed by atoms with E-state index in [4.69, 9.17) is 14.6 Å². The van der Waals surface area contributed by atoms with Crippen LogP contribution in [0.4, 0.5) is 0 Å². The molecule has 1 rings (SSSR count). The number of rotatable bonds is 7. The second-order valence-corrected chi connectivity index (χ2v) is 4.35. The van der Waals surface area contributed by atoms with Gasteiger partial charge in [-0.1, -0.05) is 0 Å². The van der Waals surface area contributed by atoms with Crippen LogP contribution in [0, 0.1) is 0 Å². The highest BCUT2D eigenvalue weighted by molar-refractivity contribution is 9.10. The first kappa shape index (κ1) is 14.0. The van der Waals surface area contributed by atoms with Crippen molar-refractivity contribution in [1.29, 1.82) is 0 Å². The average molecular weight is 303 g/mol. The maximum absolute atomic E-state index is 10.7. The van der Waals surface area contributed by atoms with Gasteiger partial charge in [-0.05, 0) is 47.0 Å². The van der Waals surface area contributed by atoms with Gasteiger partial charge in [-0.2, -0.15) is 0 Å². The number of aromatic carboxylic acids is 1. The lowest BCUT2D eigenvalue weighted by atomic mass is 10.2. The minimum atomic E-state index is -0.947. The van der Waals surface area contributed by atoms with Crippen LogP contribution in [0.15, 0.2) is 22.7 Å². The molecule has 1 aromatic carbocycles. The van der Waals surface area contributed by atoms with E-state index in [1.807, 2.05) is 0 Å². The summed E-state index contributed by atoms with van der Waals surface area (Å²) < 4.78 is 11.1. The summed E-state index contributed by atoms with van der Waals surface area (Å²) in [5.74, 6) is -0.287. The summed E-state index contributed by atoms with van der Waals surface area (Å²) >= 11 is 3.29. The van der Waals surface area contributed by atoms with Crippen molar-refractivity contribution in [3.63, 3.8) is 0 Å². The molecule has 0 heterocycles. The number of ether oxygens (including phenoxy) is 2. The van der Waals surface area contributed by atoms with Crippen LogP contribution in [0.3, 0.4) is 0 Å². The molecule has 0 spiro atoms. The third kappa shape index (κ3) is 4.75. The minimum Gasteiger partial charge on any atom is -0.492 e. The Morgan fingerprint density at radius 3 is 2.65 bits per heavy atom. The molecule has 0 aromatic heterocycles. The molecule has 4 nitrogen and oxygen atoms in total. The van der Waals surface area contributed by atoms with E-state index >= 15 is 0 Å². The molecule has 0 saturated carbocycles. The van der Waals surface area contributed by atoms with Crippen LogP contribution >= 0.6 is 15.9 Å². The van der Waals surface area contributed by atoms with E-state index in [9.17, 15) is 4.79 Å². The van der Waals surface area contributed by atoms with Gasteiger partial charge in [0, 0.05) is 13.7 Å². The first-order valence-electron chi connectivity index (χ1n) is 5.29. The first-order chi connectivity index (χ1) is 8.15. The Hall–Kier alpha value is -1.07. The highest BCUT2D eigenvalue weighted by atomic mass is 79.9. The van der Waals surface area contributed by atoms with Gasteiger partial charge in [0.05, 0.1) is 16.6 Å². The maximum Gasteiger partial charge on any atom is 0.335 e. The highest BCUT2D eigenvalue weighted by Crippen LogP contribution is 2.26. The molecule has 17 heavy (non-hydrogen) atoms. The molecule has 0 unspecified atom stereocenters. The Bertz CT molecular complexity index is 379. The molecular weight excluding hydrogens is 288 g/mol. The second kappa shape index (κ2) is 7.29. The minimum absolute atomic E-state index is 0.239. The average Bonchev–Trinajstić information content (AvgIpc) is 2.30. The van der Waals surface area contributed by atoms with Crippen molar-refractivity contribution < 1.29 is 19.4 Å². The smallest absolute Gasteiger partial charge is 0.335 e. The summed E-state index contributed by atoms with van der Waals surface area (Å²) in [5, 5.41) is 8.80. The fourth-order valence-electron chi connectivity index (χ4n) is 1.28. The molecule has 0 radical (unpaired) electrons. The molecule has 0 amide bonds. The second-order valence-electron chi connectivity index (χ2n) is 3.50. The first-order valence-corrected chi connectivity index (χ1v) is 6.09. The lowest BCUT2D eigenvalue weighted by Gasteiger charge is -2.08. The molecule has 1 aromatic rings. The lowest BCUT2D eigenvalue weighted by Crippen LogP contribution is -2.01. The van der Waals surface area contributed by atoms with E-state index in [-0.39, 0.29) is 5.56 Å². The molecule has 0 atom stereocenters. The fraction of sp³-hybridized carbons (Fsp3) is 0.417. The number of hydrogen-bond acceptors (Lipinski definition) is 3. The Morgan fingerprint density at radius 1 is 1.35 bits per heavy atom. The van der Waals surface area contributed by atoms with Gasteiger partial charge in [-0.3, -0.25) is 0 Å². The zero-order valence-electron chi connectivity index (χ0n) is 9.61. The maximum atomic E-state index is 10.7. The van der Waals surface area contributed by atoms with Crippen molar-refractivity contribution in [3.8, 4) is 5.75 Å². The van der Waals surface area contributed by atoms with Crippen LogP contribution in [0.25, 0.3) is 0 Å². The summed E-state index contributed by atoms with van der Waals surface area (Å²) in [6.07, 6.45) is 1.85. The molecule has 0 aliphatic heterocycles. The Kier molecular flexibility index (Phi) is 6.00. The van der Waals surface area contributed by atoms with Crippen molar-refractivity contribution in [1.82, 2.24) is 0 Å². The molecule has 0 saturated heterocycles. The van der Waals surface area contributed by atoms with Crippen LogP contribution in [-0.2, 0) is 4.74 Å². The summed E-state index contributed by atoms with van der Waals surface area (Å²) in [5.41, 5.74) is 0.239. The normalized spacial score (nSPS) is 10.2. The molecule has 0 bridgehead atoms. The number of carbonyl (C=O) groups is 1. The number of carboxylic acid groups (broad SMARTS) is 1. The fourth-order valence-corrected chi connectivity index (χ4v) is 1.77. The van der Waals surface area contributed by atoms with Crippen molar-refractivity contribution in [3.05, 3.63) is 28.2 Å². The van der Waals surface area contributed by atoms with Gasteiger partial charge in [0.1, 0.15) is 5.75 Å². The quantitative estimate of drug-likeness (QED) is 0.787. The largest absolute Gasteiger partial charge is 0.492 e. The van der Waals surface area contributed by atoms with Gasteiger partial charge in [-0.25, -0.2) is 4.79 Å². The Morgan fingerprint density at radius 2 is 2.06 bits per heavy atom. The molecule has 0 fully saturated rings. The predicted octanol–water partition coefficient (Wildman–Crippen LogP) is 2.95.